The molecule has 3 rings (SSSR count). The van der Waals surface area contributed by atoms with Crippen LogP contribution in [0.3, 0.4) is 0 Å². The SMILES string of the molecule is CC(Cn1ccnc1)NC1CCOC2(CCC2)C1. The molecule has 2 atom stereocenters. The summed E-state index contributed by atoms with van der Waals surface area (Å²) in [6, 6.07) is 1.11. The third-order valence-electron chi connectivity index (χ3n) is 4.32. The van der Waals surface area contributed by atoms with E-state index in [-0.39, 0.29) is 5.60 Å². The highest BCUT2D eigenvalue weighted by atomic mass is 16.5. The zero-order valence-corrected chi connectivity index (χ0v) is 11.1. The van der Waals surface area contributed by atoms with Gasteiger partial charge in [0, 0.05) is 37.6 Å². The lowest BCUT2D eigenvalue weighted by molar-refractivity contribution is -0.136. The van der Waals surface area contributed by atoms with Crippen LogP contribution in [-0.4, -0.2) is 33.8 Å². The van der Waals surface area contributed by atoms with Crippen LogP contribution in [-0.2, 0) is 11.3 Å². The van der Waals surface area contributed by atoms with E-state index in [0.717, 1.165) is 19.6 Å². The molecular formula is C14H23N3O. The van der Waals surface area contributed by atoms with Crippen molar-refractivity contribution in [1.29, 1.82) is 0 Å². The minimum Gasteiger partial charge on any atom is -0.375 e. The first-order valence-corrected chi connectivity index (χ1v) is 7.12. The second-order valence-corrected chi connectivity index (χ2v) is 5.90. The van der Waals surface area contributed by atoms with Crippen molar-refractivity contribution < 1.29 is 4.74 Å². The maximum absolute atomic E-state index is 5.96. The zero-order valence-electron chi connectivity index (χ0n) is 11.1. The Labute approximate surface area is 109 Å². The van der Waals surface area contributed by atoms with Crippen molar-refractivity contribution in [3.8, 4) is 0 Å². The Bertz CT molecular complexity index is 372. The van der Waals surface area contributed by atoms with Gasteiger partial charge >= 0.3 is 0 Å². The molecule has 4 nitrogen and oxygen atoms in total. The summed E-state index contributed by atoms with van der Waals surface area (Å²) in [5.41, 5.74) is 0.241. The van der Waals surface area contributed by atoms with Gasteiger partial charge in [-0.2, -0.15) is 0 Å². The molecule has 100 valence electrons. The van der Waals surface area contributed by atoms with Gasteiger partial charge in [-0.15, -0.1) is 0 Å². The number of nitrogens with zero attached hydrogens (tertiary/aromatic N) is 2. The summed E-state index contributed by atoms with van der Waals surface area (Å²) in [5.74, 6) is 0. The molecule has 0 bridgehead atoms. The highest BCUT2D eigenvalue weighted by Gasteiger charge is 2.42. The van der Waals surface area contributed by atoms with Crippen molar-refractivity contribution in [3.63, 3.8) is 0 Å². The number of hydrogen-bond donors (Lipinski definition) is 1. The predicted molar refractivity (Wildman–Crippen MR) is 70.4 cm³/mol. The fraction of sp³-hybridized carbons (Fsp3) is 0.786. The van der Waals surface area contributed by atoms with E-state index in [2.05, 4.69) is 21.8 Å². The second kappa shape index (κ2) is 5.02. The van der Waals surface area contributed by atoms with Crippen LogP contribution in [0.15, 0.2) is 18.7 Å². The van der Waals surface area contributed by atoms with Crippen molar-refractivity contribution >= 4 is 0 Å². The highest BCUT2D eigenvalue weighted by molar-refractivity contribution is 4.96. The number of ether oxygens (including phenoxy) is 1. The van der Waals surface area contributed by atoms with E-state index >= 15 is 0 Å². The molecule has 1 aromatic rings. The molecule has 1 aromatic heterocycles. The summed E-state index contributed by atoms with van der Waals surface area (Å²) < 4.78 is 8.10. The van der Waals surface area contributed by atoms with Crippen LogP contribution in [0.5, 0.6) is 0 Å². The lowest BCUT2D eigenvalue weighted by atomic mass is 9.74. The number of nitrogens with one attached hydrogen (secondary N) is 1. The summed E-state index contributed by atoms with van der Waals surface area (Å²) in [7, 11) is 0. The van der Waals surface area contributed by atoms with E-state index in [1.165, 1.54) is 25.7 Å². The maximum atomic E-state index is 5.96. The van der Waals surface area contributed by atoms with Gasteiger partial charge < -0.3 is 14.6 Å². The van der Waals surface area contributed by atoms with Crippen LogP contribution in [0.4, 0.5) is 0 Å². The van der Waals surface area contributed by atoms with Gasteiger partial charge in [0.05, 0.1) is 11.9 Å². The molecule has 2 fully saturated rings. The maximum Gasteiger partial charge on any atom is 0.0946 e. The standard InChI is InChI=1S/C14H23N3O/c1-12(10-17-7-6-15-11-17)16-13-3-8-18-14(9-13)4-2-5-14/h6-7,11-13,16H,2-5,8-10H2,1H3. The van der Waals surface area contributed by atoms with Gasteiger partial charge in [-0.05, 0) is 39.0 Å². The summed E-state index contributed by atoms with van der Waals surface area (Å²) in [6.45, 7) is 4.17. The van der Waals surface area contributed by atoms with E-state index in [4.69, 9.17) is 4.74 Å². The third kappa shape index (κ3) is 2.59. The summed E-state index contributed by atoms with van der Waals surface area (Å²) in [5, 5.41) is 3.75. The Morgan fingerprint density at radius 1 is 1.56 bits per heavy atom. The first-order chi connectivity index (χ1) is 8.76. The van der Waals surface area contributed by atoms with Crippen LogP contribution in [0.2, 0.25) is 0 Å². The quantitative estimate of drug-likeness (QED) is 0.886. The summed E-state index contributed by atoms with van der Waals surface area (Å²) in [4.78, 5) is 4.08. The molecular weight excluding hydrogens is 226 g/mol. The van der Waals surface area contributed by atoms with E-state index in [1.54, 1.807) is 0 Å². The number of aromatic nitrogens is 2. The summed E-state index contributed by atoms with van der Waals surface area (Å²) in [6.07, 6.45) is 12.0. The Balaban J connectivity index is 1.49. The molecule has 18 heavy (non-hydrogen) atoms. The highest BCUT2D eigenvalue weighted by Crippen LogP contribution is 2.42. The van der Waals surface area contributed by atoms with Crippen LogP contribution in [0.25, 0.3) is 0 Å². The van der Waals surface area contributed by atoms with Crippen molar-refractivity contribution in [3.05, 3.63) is 18.7 Å². The molecule has 2 heterocycles. The van der Waals surface area contributed by atoms with Crippen molar-refractivity contribution in [2.45, 2.75) is 63.3 Å². The third-order valence-corrected chi connectivity index (χ3v) is 4.32. The lowest BCUT2D eigenvalue weighted by Crippen LogP contribution is -2.52. The fourth-order valence-corrected chi connectivity index (χ4v) is 3.26. The van der Waals surface area contributed by atoms with E-state index in [1.807, 2.05) is 18.7 Å². The van der Waals surface area contributed by atoms with Gasteiger partial charge in [0.1, 0.15) is 0 Å². The Morgan fingerprint density at radius 3 is 3.11 bits per heavy atom. The smallest absolute Gasteiger partial charge is 0.0946 e. The van der Waals surface area contributed by atoms with Gasteiger partial charge in [0.15, 0.2) is 0 Å². The largest absolute Gasteiger partial charge is 0.375 e. The normalized spacial score (nSPS) is 27.9. The van der Waals surface area contributed by atoms with Crippen LogP contribution in [0, 0.1) is 0 Å². The predicted octanol–water partition coefficient (Wildman–Crippen LogP) is 1.96. The van der Waals surface area contributed by atoms with Crippen LogP contribution >= 0.6 is 0 Å². The van der Waals surface area contributed by atoms with Gasteiger partial charge in [0.2, 0.25) is 0 Å². The minimum absolute atomic E-state index is 0.241. The zero-order chi connectivity index (χ0) is 12.4. The van der Waals surface area contributed by atoms with E-state index in [9.17, 15) is 0 Å². The molecule has 1 saturated heterocycles. The van der Waals surface area contributed by atoms with Gasteiger partial charge in [-0.3, -0.25) is 0 Å². The van der Waals surface area contributed by atoms with Gasteiger partial charge in [-0.1, -0.05) is 0 Å². The lowest BCUT2D eigenvalue weighted by Gasteiger charge is -2.47. The molecule has 1 spiro atoms. The number of hydrogen-bond acceptors (Lipinski definition) is 3. The fourth-order valence-electron chi connectivity index (χ4n) is 3.26. The molecule has 1 aliphatic heterocycles. The van der Waals surface area contributed by atoms with E-state index < -0.39 is 0 Å². The Kier molecular flexibility index (Phi) is 3.39. The van der Waals surface area contributed by atoms with Crippen LogP contribution < -0.4 is 5.32 Å². The monoisotopic (exact) mass is 249 g/mol. The summed E-state index contributed by atoms with van der Waals surface area (Å²) >= 11 is 0. The van der Waals surface area contributed by atoms with E-state index in [0.29, 0.717) is 12.1 Å². The first-order valence-electron chi connectivity index (χ1n) is 7.12. The first kappa shape index (κ1) is 12.2. The molecule has 2 aliphatic rings. The number of imidazole rings is 1. The molecule has 1 N–H and O–H groups in total. The molecule has 0 aromatic carbocycles. The second-order valence-electron chi connectivity index (χ2n) is 5.90. The topological polar surface area (TPSA) is 39.1 Å². The minimum atomic E-state index is 0.241. The van der Waals surface area contributed by atoms with Gasteiger partial charge in [0.25, 0.3) is 0 Å². The van der Waals surface area contributed by atoms with Gasteiger partial charge in [-0.25, -0.2) is 4.98 Å². The molecule has 1 saturated carbocycles. The Morgan fingerprint density at radius 2 is 2.44 bits per heavy atom. The van der Waals surface area contributed by atoms with Crippen molar-refractivity contribution in [2.75, 3.05) is 6.61 Å². The van der Waals surface area contributed by atoms with Crippen LogP contribution in [0.1, 0.15) is 39.0 Å². The Hall–Kier alpha value is -0.870. The molecule has 0 radical (unpaired) electrons. The molecule has 0 amide bonds. The number of rotatable bonds is 4. The average molecular weight is 249 g/mol. The average Bonchev–Trinajstić information content (AvgIpc) is 2.80. The molecule has 4 heteroatoms. The van der Waals surface area contributed by atoms with Crippen molar-refractivity contribution in [2.24, 2.45) is 0 Å². The van der Waals surface area contributed by atoms with Crippen molar-refractivity contribution in [1.82, 2.24) is 14.9 Å². The molecule has 1 aliphatic carbocycles. The molecule has 2 unspecified atom stereocenters.